The Labute approximate surface area is 282 Å². The highest BCUT2D eigenvalue weighted by molar-refractivity contribution is 8.00. The fourth-order valence-corrected chi connectivity index (χ4v) is 6.60. The highest BCUT2D eigenvalue weighted by Crippen LogP contribution is 2.32. The maximum absolute atomic E-state index is 13.6. The normalized spacial score (nSPS) is 12.1. The number of fused-ring (bicyclic) bond motifs is 1. The van der Waals surface area contributed by atoms with E-state index in [4.69, 9.17) is 4.74 Å². The van der Waals surface area contributed by atoms with Crippen molar-refractivity contribution in [3.05, 3.63) is 119 Å². The van der Waals surface area contributed by atoms with Gasteiger partial charge in [-0.2, -0.15) is 0 Å². The molecule has 0 spiro atoms. The number of carbonyl (C=O) groups excluding carboxylic acids is 3. The minimum Gasteiger partial charge on any atom is -0.497 e. The van der Waals surface area contributed by atoms with Gasteiger partial charge in [-0.05, 0) is 78.1 Å². The lowest BCUT2D eigenvalue weighted by molar-refractivity contribution is -0.116. The zero-order chi connectivity index (χ0) is 33.3. The highest BCUT2D eigenvalue weighted by atomic mass is 32.2. The van der Waals surface area contributed by atoms with E-state index in [1.165, 1.54) is 28.7 Å². The largest absolute Gasteiger partial charge is 0.497 e. The van der Waals surface area contributed by atoms with Gasteiger partial charge in [0.05, 0.1) is 22.6 Å². The Hall–Kier alpha value is -4.93. The predicted octanol–water partition coefficient (Wildman–Crippen LogP) is 8.35. The highest BCUT2D eigenvalue weighted by Gasteiger charge is 2.21. The fraction of sp³-hybridized carbons (Fsp3) is 0.189. The second-order valence-electron chi connectivity index (χ2n) is 11.0. The number of hydrogen-bond donors (Lipinski definition) is 3. The summed E-state index contributed by atoms with van der Waals surface area (Å²) in [6.45, 7) is 6.18. The van der Waals surface area contributed by atoms with Crippen LogP contribution in [0.4, 0.5) is 10.8 Å². The van der Waals surface area contributed by atoms with E-state index in [1.807, 2.05) is 73.7 Å². The number of thiazole rings is 1. The molecule has 1 unspecified atom stereocenters. The molecular weight excluding hydrogens is 629 g/mol. The van der Waals surface area contributed by atoms with Crippen molar-refractivity contribution in [2.75, 3.05) is 17.7 Å². The van der Waals surface area contributed by atoms with Crippen LogP contribution in [0, 0.1) is 0 Å². The van der Waals surface area contributed by atoms with Gasteiger partial charge in [-0.3, -0.25) is 14.4 Å². The Morgan fingerprint density at radius 1 is 0.915 bits per heavy atom. The van der Waals surface area contributed by atoms with E-state index in [2.05, 4.69) is 34.8 Å². The molecule has 0 aliphatic carbocycles. The van der Waals surface area contributed by atoms with Gasteiger partial charge < -0.3 is 20.7 Å². The standard InChI is InChI=1S/C37H36N4O4S2/c1-5-32(36(44)41-37-40-30-19-18-28(45-4)22-33(30)47-37)46-29-13-9-12-27(21-29)38-35(43)31(39-34(42)26-10-7-6-8-11-26)20-24-14-16-25(17-15-24)23(2)3/h6-23,32H,5H2,1-4H3,(H,38,43)(H,39,42)(H,40,41,44)/b31-20+. The minimum atomic E-state index is -0.471. The molecule has 0 saturated carbocycles. The van der Waals surface area contributed by atoms with Gasteiger partial charge in [0.2, 0.25) is 5.91 Å². The number of benzene rings is 4. The van der Waals surface area contributed by atoms with Crippen LogP contribution in [-0.4, -0.2) is 35.1 Å². The summed E-state index contributed by atoms with van der Waals surface area (Å²) in [5.74, 6) is 0.0831. The lowest BCUT2D eigenvalue weighted by Crippen LogP contribution is -2.30. The van der Waals surface area contributed by atoms with Gasteiger partial charge >= 0.3 is 0 Å². The van der Waals surface area contributed by atoms with Gasteiger partial charge in [0.1, 0.15) is 11.4 Å². The summed E-state index contributed by atoms with van der Waals surface area (Å²) < 4.78 is 6.22. The molecule has 1 atom stereocenters. The summed E-state index contributed by atoms with van der Waals surface area (Å²) in [4.78, 5) is 45.2. The van der Waals surface area contributed by atoms with Crippen molar-refractivity contribution in [1.82, 2.24) is 10.3 Å². The van der Waals surface area contributed by atoms with E-state index in [0.29, 0.717) is 28.7 Å². The van der Waals surface area contributed by atoms with Crippen LogP contribution in [0.1, 0.15) is 54.6 Å². The molecule has 240 valence electrons. The molecule has 3 N–H and O–H groups in total. The van der Waals surface area contributed by atoms with Crippen LogP contribution in [0.15, 0.2) is 108 Å². The molecule has 1 heterocycles. The monoisotopic (exact) mass is 664 g/mol. The van der Waals surface area contributed by atoms with Gasteiger partial charge in [0.15, 0.2) is 5.13 Å². The van der Waals surface area contributed by atoms with E-state index >= 15 is 0 Å². The average molecular weight is 665 g/mol. The number of carbonyl (C=O) groups is 3. The van der Waals surface area contributed by atoms with Crippen molar-refractivity contribution < 1.29 is 19.1 Å². The molecule has 0 saturated heterocycles. The molecule has 0 bridgehead atoms. The SMILES string of the molecule is CCC(Sc1cccc(NC(=O)/C(=C\c2ccc(C(C)C)cc2)NC(=O)c2ccccc2)c1)C(=O)Nc1nc2ccc(OC)cc2s1. The van der Waals surface area contributed by atoms with Crippen molar-refractivity contribution in [3.8, 4) is 5.75 Å². The molecule has 5 rings (SSSR count). The smallest absolute Gasteiger partial charge is 0.272 e. The first-order chi connectivity index (χ1) is 22.7. The summed E-state index contributed by atoms with van der Waals surface area (Å²) in [7, 11) is 1.61. The number of amides is 3. The third-order valence-electron chi connectivity index (χ3n) is 7.30. The van der Waals surface area contributed by atoms with Crippen LogP contribution >= 0.6 is 23.1 Å². The summed E-state index contributed by atoms with van der Waals surface area (Å²) in [6.07, 6.45) is 2.24. The average Bonchev–Trinajstić information content (AvgIpc) is 3.49. The van der Waals surface area contributed by atoms with E-state index in [9.17, 15) is 14.4 Å². The number of ether oxygens (including phenoxy) is 1. The van der Waals surface area contributed by atoms with Crippen molar-refractivity contribution in [2.45, 2.75) is 43.3 Å². The zero-order valence-electron chi connectivity index (χ0n) is 26.6. The Kier molecular flexibility index (Phi) is 11.1. The van der Waals surface area contributed by atoms with Crippen LogP contribution in [0.5, 0.6) is 5.75 Å². The zero-order valence-corrected chi connectivity index (χ0v) is 28.2. The van der Waals surface area contributed by atoms with Crippen LogP contribution in [-0.2, 0) is 9.59 Å². The summed E-state index contributed by atoms with van der Waals surface area (Å²) in [5, 5.41) is 8.79. The van der Waals surface area contributed by atoms with Crippen molar-refractivity contribution in [3.63, 3.8) is 0 Å². The van der Waals surface area contributed by atoms with E-state index in [1.54, 1.807) is 43.5 Å². The summed E-state index contributed by atoms with van der Waals surface area (Å²) in [5.41, 5.74) is 3.82. The second-order valence-corrected chi connectivity index (χ2v) is 13.3. The first kappa shape index (κ1) is 33.4. The molecule has 8 nitrogen and oxygen atoms in total. The number of aromatic nitrogens is 1. The molecule has 0 aliphatic rings. The van der Waals surface area contributed by atoms with Crippen molar-refractivity contribution in [1.29, 1.82) is 0 Å². The van der Waals surface area contributed by atoms with Gasteiger partial charge in [0.25, 0.3) is 11.8 Å². The van der Waals surface area contributed by atoms with Crippen molar-refractivity contribution in [2.24, 2.45) is 0 Å². The molecule has 1 aromatic heterocycles. The lowest BCUT2D eigenvalue weighted by atomic mass is 10.0. The van der Waals surface area contributed by atoms with Gasteiger partial charge in [-0.15, -0.1) is 11.8 Å². The first-order valence-electron chi connectivity index (χ1n) is 15.2. The van der Waals surface area contributed by atoms with Crippen LogP contribution < -0.4 is 20.7 Å². The van der Waals surface area contributed by atoms with Gasteiger partial charge in [-0.25, -0.2) is 4.98 Å². The van der Waals surface area contributed by atoms with Crippen molar-refractivity contribution >= 4 is 67.9 Å². The molecular formula is C37H36N4O4S2. The summed E-state index contributed by atoms with van der Waals surface area (Å²) in [6, 6.07) is 29.5. The number of nitrogens with one attached hydrogen (secondary N) is 3. The van der Waals surface area contributed by atoms with Crippen LogP contribution in [0.3, 0.4) is 0 Å². The van der Waals surface area contributed by atoms with E-state index in [-0.39, 0.29) is 17.5 Å². The third-order valence-corrected chi connectivity index (χ3v) is 9.59. The van der Waals surface area contributed by atoms with Crippen LogP contribution in [0.2, 0.25) is 0 Å². The summed E-state index contributed by atoms with van der Waals surface area (Å²) >= 11 is 2.79. The number of hydrogen-bond acceptors (Lipinski definition) is 7. The lowest BCUT2D eigenvalue weighted by Gasteiger charge is -2.15. The predicted molar refractivity (Wildman–Crippen MR) is 192 cm³/mol. The quantitative estimate of drug-likeness (QED) is 0.0914. The molecule has 47 heavy (non-hydrogen) atoms. The number of nitrogens with zero attached hydrogens (tertiary/aromatic N) is 1. The Bertz CT molecular complexity index is 1900. The number of thioether (sulfide) groups is 1. The molecule has 0 radical (unpaired) electrons. The van der Waals surface area contributed by atoms with E-state index < -0.39 is 11.2 Å². The topological polar surface area (TPSA) is 109 Å². The molecule has 4 aromatic carbocycles. The Morgan fingerprint density at radius 2 is 1.68 bits per heavy atom. The van der Waals surface area contributed by atoms with Crippen LogP contribution in [0.25, 0.3) is 16.3 Å². The molecule has 3 amide bonds. The van der Waals surface area contributed by atoms with Gasteiger partial charge in [-0.1, -0.05) is 80.6 Å². The van der Waals surface area contributed by atoms with Gasteiger partial charge in [0, 0.05) is 16.1 Å². The molecule has 5 aromatic rings. The first-order valence-corrected chi connectivity index (χ1v) is 16.9. The molecule has 0 fully saturated rings. The Balaban J connectivity index is 1.30. The second kappa shape index (κ2) is 15.6. The maximum Gasteiger partial charge on any atom is 0.272 e. The number of rotatable bonds is 12. The molecule has 10 heteroatoms. The van der Waals surface area contributed by atoms with E-state index in [0.717, 1.165) is 26.4 Å². The third kappa shape index (κ3) is 8.87. The Morgan fingerprint density at radius 3 is 2.38 bits per heavy atom. The minimum absolute atomic E-state index is 0.105. The maximum atomic E-state index is 13.6. The fourth-order valence-electron chi connectivity index (χ4n) is 4.69. The number of anilines is 2. The number of methoxy groups -OCH3 is 1. The molecule has 0 aliphatic heterocycles.